The molecule has 1 heterocycles. The van der Waals surface area contributed by atoms with E-state index < -0.39 is 11.8 Å². The maximum Gasteiger partial charge on any atom is 0.313 e. The number of ether oxygens (including phenoxy) is 1. The van der Waals surface area contributed by atoms with Gasteiger partial charge >= 0.3 is 11.8 Å². The Kier molecular flexibility index (Phi) is 4.98. The zero-order valence-electron chi connectivity index (χ0n) is 15.7. The number of methoxy groups -OCH3 is 1. The summed E-state index contributed by atoms with van der Waals surface area (Å²) in [6.45, 7) is 0.582. The Morgan fingerprint density at radius 3 is 2.68 bits per heavy atom. The molecule has 3 aromatic rings. The van der Waals surface area contributed by atoms with E-state index in [9.17, 15) is 9.59 Å². The molecule has 1 atom stereocenters. The predicted octanol–water partition coefficient (Wildman–Crippen LogP) is 4.15. The maximum absolute atomic E-state index is 12.9. The second kappa shape index (κ2) is 7.72. The smallest absolute Gasteiger partial charge is 0.313 e. The summed E-state index contributed by atoms with van der Waals surface area (Å²) < 4.78 is 5.17. The molecule has 4 rings (SSSR count). The fraction of sp³-hybridized carbons (Fsp3) is 0.217. The van der Waals surface area contributed by atoms with Crippen molar-refractivity contribution in [1.29, 1.82) is 0 Å². The van der Waals surface area contributed by atoms with Gasteiger partial charge in [0.05, 0.1) is 13.2 Å². The fourth-order valence-electron chi connectivity index (χ4n) is 3.89. The van der Waals surface area contributed by atoms with Crippen molar-refractivity contribution in [3.8, 4) is 5.75 Å². The first kappa shape index (κ1) is 18.0. The minimum Gasteiger partial charge on any atom is -0.497 e. The zero-order valence-corrected chi connectivity index (χ0v) is 15.7. The number of nitrogens with one attached hydrogen (secondary N) is 1. The number of carbonyl (C=O) groups is 2. The van der Waals surface area contributed by atoms with Gasteiger partial charge in [-0.25, -0.2) is 0 Å². The standard InChI is InChI=1S/C23H22N2O3/c1-28-18-10-5-9-17(15-18)24-22(26)23(27)25-14-6-13-21(25)20-12-4-8-16-7-2-3-11-19(16)20/h2-5,7-12,15,21H,6,13-14H2,1H3,(H,24,26)/t21-/m0/s1. The van der Waals surface area contributed by atoms with Gasteiger partial charge in [0.1, 0.15) is 5.75 Å². The van der Waals surface area contributed by atoms with Crippen LogP contribution in [0.1, 0.15) is 24.4 Å². The van der Waals surface area contributed by atoms with E-state index >= 15 is 0 Å². The van der Waals surface area contributed by atoms with Crippen LogP contribution in [-0.2, 0) is 9.59 Å². The Balaban J connectivity index is 1.57. The molecule has 1 N–H and O–H groups in total. The highest BCUT2D eigenvalue weighted by molar-refractivity contribution is 6.39. The molecule has 5 nitrogen and oxygen atoms in total. The SMILES string of the molecule is COc1cccc(NC(=O)C(=O)N2CCC[C@H]2c2cccc3ccccc23)c1. The molecule has 3 aromatic carbocycles. The number of hydrogen-bond acceptors (Lipinski definition) is 3. The van der Waals surface area contributed by atoms with Crippen molar-refractivity contribution in [2.45, 2.75) is 18.9 Å². The molecule has 0 spiro atoms. The first-order chi connectivity index (χ1) is 13.7. The van der Waals surface area contributed by atoms with Crippen LogP contribution in [0.15, 0.2) is 66.7 Å². The van der Waals surface area contributed by atoms with Gasteiger partial charge in [-0.05, 0) is 41.3 Å². The van der Waals surface area contributed by atoms with Crippen LogP contribution in [0.4, 0.5) is 5.69 Å². The number of nitrogens with zero attached hydrogens (tertiary/aromatic N) is 1. The number of benzene rings is 3. The molecule has 28 heavy (non-hydrogen) atoms. The monoisotopic (exact) mass is 374 g/mol. The number of rotatable bonds is 3. The van der Waals surface area contributed by atoms with Crippen LogP contribution in [-0.4, -0.2) is 30.4 Å². The van der Waals surface area contributed by atoms with Gasteiger partial charge in [-0.3, -0.25) is 9.59 Å². The summed E-state index contributed by atoms with van der Waals surface area (Å²) >= 11 is 0. The second-order valence-corrected chi connectivity index (χ2v) is 6.91. The first-order valence-corrected chi connectivity index (χ1v) is 9.41. The van der Waals surface area contributed by atoms with Crippen LogP contribution in [0.2, 0.25) is 0 Å². The Labute approximate surface area is 163 Å². The number of amides is 2. The second-order valence-electron chi connectivity index (χ2n) is 6.91. The summed E-state index contributed by atoms with van der Waals surface area (Å²) in [5, 5.41) is 4.96. The number of hydrogen-bond donors (Lipinski definition) is 1. The van der Waals surface area contributed by atoms with E-state index in [1.807, 2.05) is 18.2 Å². The summed E-state index contributed by atoms with van der Waals surface area (Å²) in [6, 6.07) is 21.2. The molecule has 0 aliphatic carbocycles. The van der Waals surface area contributed by atoms with Crippen LogP contribution < -0.4 is 10.1 Å². The molecule has 142 valence electrons. The van der Waals surface area contributed by atoms with Gasteiger partial charge in [0.2, 0.25) is 0 Å². The van der Waals surface area contributed by atoms with Crippen molar-refractivity contribution in [3.63, 3.8) is 0 Å². The average Bonchev–Trinajstić information content (AvgIpc) is 3.22. The molecule has 1 aliphatic heterocycles. The van der Waals surface area contributed by atoms with Crippen LogP contribution >= 0.6 is 0 Å². The molecule has 0 unspecified atom stereocenters. The largest absolute Gasteiger partial charge is 0.497 e. The lowest BCUT2D eigenvalue weighted by atomic mass is 9.97. The minimum absolute atomic E-state index is 0.0883. The van der Waals surface area contributed by atoms with Crippen molar-refractivity contribution < 1.29 is 14.3 Å². The third-order valence-corrected chi connectivity index (χ3v) is 5.22. The molecular formula is C23H22N2O3. The lowest BCUT2D eigenvalue weighted by molar-refractivity contribution is -0.143. The number of fused-ring (bicyclic) bond motifs is 1. The van der Waals surface area contributed by atoms with Crippen molar-refractivity contribution in [3.05, 3.63) is 72.3 Å². The van der Waals surface area contributed by atoms with E-state index in [1.54, 1.807) is 36.3 Å². The molecule has 0 aromatic heterocycles. The highest BCUT2D eigenvalue weighted by atomic mass is 16.5. The van der Waals surface area contributed by atoms with Crippen molar-refractivity contribution in [1.82, 2.24) is 4.90 Å². The molecule has 0 radical (unpaired) electrons. The lowest BCUT2D eigenvalue weighted by Gasteiger charge is -2.25. The van der Waals surface area contributed by atoms with Gasteiger partial charge in [0.25, 0.3) is 0 Å². The topological polar surface area (TPSA) is 58.6 Å². The molecule has 1 fully saturated rings. The van der Waals surface area contributed by atoms with Gasteiger partial charge in [0, 0.05) is 18.3 Å². The van der Waals surface area contributed by atoms with E-state index in [4.69, 9.17) is 4.74 Å². The van der Waals surface area contributed by atoms with Crippen LogP contribution in [0.3, 0.4) is 0 Å². The minimum atomic E-state index is -0.625. The number of anilines is 1. The Bertz CT molecular complexity index is 1030. The predicted molar refractivity (Wildman–Crippen MR) is 109 cm³/mol. The Morgan fingerprint density at radius 1 is 1.04 bits per heavy atom. The third kappa shape index (κ3) is 3.43. The summed E-state index contributed by atoms with van der Waals surface area (Å²) in [5.74, 6) is -0.501. The molecule has 0 saturated carbocycles. The first-order valence-electron chi connectivity index (χ1n) is 9.41. The lowest BCUT2D eigenvalue weighted by Crippen LogP contribution is -2.39. The highest BCUT2D eigenvalue weighted by Crippen LogP contribution is 2.36. The highest BCUT2D eigenvalue weighted by Gasteiger charge is 2.34. The van der Waals surface area contributed by atoms with Crippen molar-refractivity contribution >= 4 is 28.3 Å². The van der Waals surface area contributed by atoms with E-state index in [2.05, 4.69) is 29.6 Å². The Hall–Kier alpha value is -3.34. The van der Waals surface area contributed by atoms with Crippen molar-refractivity contribution in [2.24, 2.45) is 0 Å². The maximum atomic E-state index is 12.9. The quantitative estimate of drug-likeness (QED) is 0.701. The summed E-state index contributed by atoms with van der Waals surface area (Å²) in [4.78, 5) is 27.2. The fourth-order valence-corrected chi connectivity index (χ4v) is 3.89. The summed E-state index contributed by atoms with van der Waals surface area (Å²) in [7, 11) is 1.56. The van der Waals surface area contributed by atoms with E-state index in [-0.39, 0.29) is 6.04 Å². The molecule has 5 heteroatoms. The molecule has 2 amide bonds. The number of likely N-dealkylation sites (tertiary alicyclic amines) is 1. The van der Waals surface area contributed by atoms with E-state index in [0.29, 0.717) is 18.0 Å². The summed E-state index contributed by atoms with van der Waals surface area (Å²) in [5.41, 5.74) is 1.64. The van der Waals surface area contributed by atoms with Gasteiger partial charge in [-0.2, -0.15) is 0 Å². The third-order valence-electron chi connectivity index (χ3n) is 5.22. The molecule has 1 aliphatic rings. The zero-order chi connectivity index (χ0) is 19.5. The number of carbonyl (C=O) groups excluding carboxylic acids is 2. The summed E-state index contributed by atoms with van der Waals surface area (Å²) in [6.07, 6.45) is 1.73. The van der Waals surface area contributed by atoms with Crippen molar-refractivity contribution in [2.75, 3.05) is 19.0 Å². The van der Waals surface area contributed by atoms with Gasteiger partial charge < -0.3 is 15.0 Å². The van der Waals surface area contributed by atoms with Gasteiger partial charge in [-0.1, -0.05) is 48.5 Å². The van der Waals surface area contributed by atoms with Crippen LogP contribution in [0.5, 0.6) is 5.75 Å². The molecule has 1 saturated heterocycles. The van der Waals surface area contributed by atoms with E-state index in [1.165, 1.54) is 0 Å². The van der Waals surface area contributed by atoms with E-state index in [0.717, 1.165) is 29.2 Å². The van der Waals surface area contributed by atoms with Gasteiger partial charge in [0.15, 0.2) is 0 Å². The van der Waals surface area contributed by atoms with Crippen LogP contribution in [0.25, 0.3) is 10.8 Å². The Morgan fingerprint density at radius 2 is 1.82 bits per heavy atom. The average molecular weight is 374 g/mol. The molecule has 0 bridgehead atoms. The molecular weight excluding hydrogens is 352 g/mol. The van der Waals surface area contributed by atoms with Crippen LogP contribution in [0, 0.1) is 0 Å². The normalized spacial score (nSPS) is 16.2. The van der Waals surface area contributed by atoms with Gasteiger partial charge in [-0.15, -0.1) is 0 Å².